The van der Waals surface area contributed by atoms with Crippen molar-refractivity contribution >= 4 is 33.2 Å². The molecule has 0 spiro atoms. The fourth-order valence-corrected chi connectivity index (χ4v) is 2.54. The van der Waals surface area contributed by atoms with Crippen molar-refractivity contribution in [1.82, 2.24) is 9.78 Å². The van der Waals surface area contributed by atoms with Gasteiger partial charge in [0.05, 0.1) is 15.1 Å². The Labute approximate surface area is 145 Å². The summed E-state index contributed by atoms with van der Waals surface area (Å²) in [6, 6.07) is 13.2. The number of nitrogens with one attached hydrogen (secondary N) is 1. The van der Waals surface area contributed by atoms with Gasteiger partial charge in [0.15, 0.2) is 0 Å². The molecule has 2 aromatic carbocycles. The average molecular weight is 387 g/mol. The normalized spacial score (nSPS) is 10.4. The van der Waals surface area contributed by atoms with Crippen molar-refractivity contribution in [2.75, 3.05) is 5.32 Å². The number of carbonyl (C=O) groups excluding carboxylic acids is 1. The van der Waals surface area contributed by atoms with Gasteiger partial charge in [0.1, 0.15) is 0 Å². The van der Waals surface area contributed by atoms with E-state index in [0.29, 0.717) is 10.2 Å². The van der Waals surface area contributed by atoms with E-state index in [-0.39, 0.29) is 11.3 Å². The largest absolute Gasteiger partial charge is 0.322 e. The third-order valence-corrected chi connectivity index (χ3v) is 3.95. The molecule has 0 saturated carbocycles. The standard InChI is InChI=1S/C16H11BrN4O3/c17-14-6-5-11(9-15(14)21(23)24)16(22)19-12-3-1-4-13(10-12)20-8-2-7-18-20/h1-10H,(H,19,22). The fourth-order valence-electron chi connectivity index (χ4n) is 2.14. The summed E-state index contributed by atoms with van der Waals surface area (Å²) in [5, 5.41) is 17.8. The second-order valence-electron chi connectivity index (χ2n) is 4.88. The molecule has 3 aromatic rings. The third-order valence-electron chi connectivity index (χ3n) is 3.28. The lowest BCUT2D eigenvalue weighted by Gasteiger charge is -2.08. The van der Waals surface area contributed by atoms with E-state index in [2.05, 4.69) is 26.3 Å². The van der Waals surface area contributed by atoms with Crippen LogP contribution in [-0.4, -0.2) is 20.6 Å². The van der Waals surface area contributed by atoms with Crippen LogP contribution in [0, 0.1) is 10.1 Å². The number of amides is 1. The van der Waals surface area contributed by atoms with Crippen molar-refractivity contribution in [2.45, 2.75) is 0 Å². The van der Waals surface area contributed by atoms with Crippen LogP contribution in [0.3, 0.4) is 0 Å². The maximum absolute atomic E-state index is 12.3. The van der Waals surface area contributed by atoms with Gasteiger partial charge in [0.25, 0.3) is 11.6 Å². The van der Waals surface area contributed by atoms with Crippen LogP contribution in [0.5, 0.6) is 0 Å². The Morgan fingerprint density at radius 1 is 1.21 bits per heavy atom. The number of halogens is 1. The van der Waals surface area contributed by atoms with Gasteiger partial charge in [0, 0.05) is 29.7 Å². The van der Waals surface area contributed by atoms with Crippen LogP contribution < -0.4 is 5.32 Å². The molecular formula is C16H11BrN4O3. The van der Waals surface area contributed by atoms with E-state index in [1.807, 2.05) is 6.07 Å². The maximum Gasteiger partial charge on any atom is 0.284 e. The summed E-state index contributed by atoms with van der Waals surface area (Å²) in [5.41, 5.74) is 1.40. The Kier molecular flexibility index (Phi) is 4.39. The topological polar surface area (TPSA) is 90.1 Å². The summed E-state index contributed by atoms with van der Waals surface area (Å²) >= 11 is 3.10. The SMILES string of the molecule is O=C(Nc1cccc(-n2cccn2)c1)c1ccc(Br)c([N+](=O)[O-])c1. The molecule has 1 amide bonds. The monoisotopic (exact) mass is 386 g/mol. The molecule has 1 aromatic heterocycles. The van der Waals surface area contributed by atoms with E-state index >= 15 is 0 Å². The van der Waals surface area contributed by atoms with E-state index in [0.717, 1.165) is 5.69 Å². The average Bonchev–Trinajstić information content (AvgIpc) is 3.09. The molecule has 0 aliphatic heterocycles. The molecule has 8 heteroatoms. The zero-order valence-electron chi connectivity index (χ0n) is 12.2. The Morgan fingerprint density at radius 2 is 2.04 bits per heavy atom. The molecule has 0 aliphatic carbocycles. The van der Waals surface area contributed by atoms with E-state index in [1.54, 1.807) is 41.3 Å². The highest BCUT2D eigenvalue weighted by molar-refractivity contribution is 9.10. The Bertz CT molecular complexity index is 909. The second kappa shape index (κ2) is 6.63. The number of aromatic nitrogens is 2. The van der Waals surface area contributed by atoms with Gasteiger partial charge in [-0.15, -0.1) is 0 Å². The minimum absolute atomic E-state index is 0.159. The lowest BCUT2D eigenvalue weighted by Crippen LogP contribution is -2.12. The van der Waals surface area contributed by atoms with Gasteiger partial charge in [-0.3, -0.25) is 14.9 Å². The van der Waals surface area contributed by atoms with Crippen LogP contribution in [-0.2, 0) is 0 Å². The van der Waals surface area contributed by atoms with E-state index in [9.17, 15) is 14.9 Å². The van der Waals surface area contributed by atoms with Crippen molar-refractivity contribution in [3.63, 3.8) is 0 Å². The number of nitro groups is 1. The minimum Gasteiger partial charge on any atom is -0.322 e. The zero-order chi connectivity index (χ0) is 17.1. The van der Waals surface area contributed by atoms with Gasteiger partial charge in [0.2, 0.25) is 0 Å². The summed E-state index contributed by atoms with van der Waals surface area (Å²) in [4.78, 5) is 22.7. The quantitative estimate of drug-likeness (QED) is 0.545. The van der Waals surface area contributed by atoms with Crippen molar-refractivity contribution in [1.29, 1.82) is 0 Å². The molecule has 0 aliphatic rings. The van der Waals surface area contributed by atoms with Gasteiger partial charge in [-0.25, -0.2) is 4.68 Å². The predicted molar refractivity (Wildman–Crippen MR) is 92.3 cm³/mol. The third kappa shape index (κ3) is 3.33. The minimum atomic E-state index is -0.542. The van der Waals surface area contributed by atoms with Gasteiger partial charge < -0.3 is 5.32 Å². The molecule has 0 unspecified atom stereocenters. The molecule has 7 nitrogen and oxygen atoms in total. The molecule has 24 heavy (non-hydrogen) atoms. The van der Waals surface area contributed by atoms with E-state index in [4.69, 9.17) is 0 Å². The van der Waals surface area contributed by atoms with Crippen molar-refractivity contribution in [3.05, 3.63) is 81.1 Å². The number of rotatable bonds is 4. The summed E-state index contributed by atoms with van der Waals surface area (Å²) in [6.45, 7) is 0. The fraction of sp³-hybridized carbons (Fsp3) is 0. The molecule has 1 N–H and O–H groups in total. The highest BCUT2D eigenvalue weighted by Crippen LogP contribution is 2.26. The molecule has 0 saturated heterocycles. The summed E-state index contributed by atoms with van der Waals surface area (Å²) < 4.78 is 1.99. The molecule has 0 radical (unpaired) electrons. The number of hydrogen-bond acceptors (Lipinski definition) is 4. The van der Waals surface area contributed by atoms with E-state index < -0.39 is 10.8 Å². The summed E-state index contributed by atoms with van der Waals surface area (Å²) in [7, 11) is 0. The Morgan fingerprint density at radius 3 is 2.75 bits per heavy atom. The maximum atomic E-state index is 12.3. The molecule has 0 bridgehead atoms. The first-order chi connectivity index (χ1) is 11.5. The highest BCUT2D eigenvalue weighted by atomic mass is 79.9. The Hall–Kier alpha value is -3.00. The molecule has 0 fully saturated rings. The smallest absolute Gasteiger partial charge is 0.284 e. The van der Waals surface area contributed by atoms with E-state index in [1.165, 1.54) is 18.2 Å². The Balaban J connectivity index is 1.84. The molecular weight excluding hydrogens is 376 g/mol. The molecule has 1 heterocycles. The molecule has 0 atom stereocenters. The van der Waals surface area contributed by atoms with Crippen LogP contribution in [0.25, 0.3) is 5.69 Å². The highest BCUT2D eigenvalue weighted by Gasteiger charge is 2.16. The van der Waals surface area contributed by atoms with Crippen molar-refractivity contribution in [2.24, 2.45) is 0 Å². The summed E-state index contributed by atoms with van der Waals surface area (Å²) in [5.74, 6) is -0.428. The van der Waals surface area contributed by atoms with Crippen molar-refractivity contribution < 1.29 is 9.72 Å². The summed E-state index contributed by atoms with van der Waals surface area (Å²) in [6.07, 6.45) is 3.45. The molecule has 3 rings (SSSR count). The second-order valence-corrected chi connectivity index (χ2v) is 5.73. The number of nitrogens with zero attached hydrogens (tertiary/aromatic N) is 3. The number of carbonyl (C=O) groups is 1. The lowest BCUT2D eigenvalue weighted by atomic mass is 10.2. The first kappa shape index (κ1) is 15.9. The van der Waals surface area contributed by atoms with Crippen LogP contribution in [0.15, 0.2) is 65.4 Å². The van der Waals surface area contributed by atoms with Crippen LogP contribution in [0.1, 0.15) is 10.4 Å². The first-order valence-electron chi connectivity index (χ1n) is 6.90. The van der Waals surface area contributed by atoms with Crippen LogP contribution in [0.2, 0.25) is 0 Å². The lowest BCUT2D eigenvalue weighted by molar-refractivity contribution is -0.385. The van der Waals surface area contributed by atoms with Gasteiger partial charge >= 0.3 is 0 Å². The van der Waals surface area contributed by atoms with Crippen molar-refractivity contribution in [3.8, 4) is 5.69 Å². The van der Waals surface area contributed by atoms with Crippen LogP contribution in [0.4, 0.5) is 11.4 Å². The zero-order valence-corrected chi connectivity index (χ0v) is 13.8. The number of hydrogen-bond donors (Lipinski definition) is 1. The van der Waals surface area contributed by atoms with Gasteiger partial charge in [-0.05, 0) is 52.3 Å². The van der Waals surface area contributed by atoms with Gasteiger partial charge in [-0.1, -0.05) is 6.07 Å². The molecule has 120 valence electrons. The number of anilines is 1. The number of nitro benzene ring substituents is 1. The van der Waals surface area contributed by atoms with Gasteiger partial charge in [-0.2, -0.15) is 5.10 Å². The number of benzene rings is 2. The first-order valence-corrected chi connectivity index (χ1v) is 7.69. The predicted octanol–water partition coefficient (Wildman–Crippen LogP) is 3.80. The van der Waals surface area contributed by atoms with Crippen LogP contribution >= 0.6 is 15.9 Å².